The van der Waals surface area contributed by atoms with Gasteiger partial charge in [0, 0.05) is 10.9 Å². The standard InChI is InChI=1S/C17H12ClFN/c1-2-11-10-12-6-5-8-14(18)17(12)20-16(11)13-7-3-4-9-15(13)19/h3-10H,1-2H2. The van der Waals surface area contributed by atoms with Gasteiger partial charge in [-0.2, -0.15) is 0 Å². The summed E-state index contributed by atoms with van der Waals surface area (Å²) in [5.74, 6) is -0.291. The molecule has 0 aliphatic carbocycles. The molecule has 0 saturated carbocycles. The summed E-state index contributed by atoms with van der Waals surface area (Å²) in [6.45, 7) is 3.91. The van der Waals surface area contributed by atoms with Crippen LogP contribution in [-0.4, -0.2) is 4.98 Å². The maximum absolute atomic E-state index is 14.0. The Kier molecular flexibility index (Phi) is 3.41. The van der Waals surface area contributed by atoms with Crippen LogP contribution < -0.4 is 0 Å². The lowest BCUT2D eigenvalue weighted by Crippen LogP contribution is -1.96. The van der Waals surface area contributed by atoms with Crippen LogP contribution in [0.5, 0.6) is 0 Å². The van der Waals surface area contributed by atoms with Crippen molar-refractivity contribution in [2.75, 3.05) is 0 Å². The Morgan fingerprint density at radius 3 is 2.65 bits per heavy atom. The summed E-state index contributed by atoms with van der Waals surface area (Å²) in [6.07, 6.45) is 0.541. The van der Waals surface area contributed by atoms with E-state index in [0.29, 0.717) is 28.2 Å². The second kappa shape index (κ2) is 5.22. The van der Waals surface area contributed by atoms with Crippen LogP contribution >= 0.6 is 11.6 Å². The van der Waals surface area contributed by atoms with E-state index in [1.54, 1.807) is 24.3 Å². The van der Waals surface area contributed by atoms with Crippen molar-refractivity contribution < 1.29 is 4.39 Å². The van der Waals surface area contributed by atoms with Crippen LogP contribution in [0.2, 0.25) is 5.02 Å². The molecule has 0 aliphatic heterocycles. The van der Waals surface area contributed by atoms with E-state index in [-0.39, 0.29) is 5.82 Å². The number of para-hydroxylation sites is 1. The lowest BCUT2D eigenvalue weighted by atomic mass is 10.0. The number of rotatable bonds is 2. The molecule has 0 N–H and O–H groups in total. The van der Waals surface area contributed by atoms with Crippen molar-refractivity contribution in [2.24, 2.45) is 0 Å². The molecular formula is C17H12ClFN. The fourth-order valence-electron chi connectivity index (χ4n) is 2.28. The van der Waals surface area contributed by atoms with Crippen molar-refractivity contribution in [1.82, 2.24) is 4.98 Å². The van der Waals surface area contributed by atoms with E-state index in [4.69, 9.17) is 11.6 Å². The molecule has 0 amide bonds. The van der Waals surface area contributed by atoms with Gasteiger partial charge in [-0.1, -0.05) is 35.9 Å². The average Bonchev–Trinajstić information content (AvgIpc) is 2.47. The second-order valence-corrected chi connectivity index (χ2v) is 4.94. The summed E-state index contributed by atoms with van der Waals surface area (Å²) >= 11 is 6.18. The molecule has 3 heteroatoms. The molecule has 0 atom stereocenters. The van der Waals surface area contributed by atoms with E-state index in [2.05, 4.69) is 11.9 Å². The average molecular weight is 285 g/mol. The van der Waals surface area contributed by atoms with Gasteiger partial charge in [0.25, 0.3) is 0 Å². The number of pyridine rings is 1. The molecule has 3 rings (SSSR count). The first-order valence-electron chi connectivity index (χ1n) is 6.33. The fourth-order valence-corrected chi connectivity index (χ4v) is 2.51. The van der Waals surface area contributed by atoms with Crippen molar-refractivity contribution in [1.29, 1.82) is 0 Å². The number of halogens is 2. The molecule has 0 saturated heterocycles. The van der Waals surface area contributed by atoms with Crippen LogP contribution in [-0.2, 0) is 6.42 Å². The summed E-state index contributed by atoms with van der Waals surface area (Å²) in [6, 6.07) is 14.2. The zero-order valence-electron chi connectivity index (χ0n) is 10.7. The van der Waals surface area contributed by atoms with Crippen molar-refractivity contribution in [3.05, 3.63) is 71.9 Å². The zero-order chi connectivity index (χ0) is 14.1. The van der Waals surface area contributed by atoms with Gasteiger partial charge in [-0.05, 0) is 43.2 Å². The van der Waals surface area contributed by atoms with Crippen LogP contribution in [0.1, 0.15) is 5.56 Å². The van der Waals surface area contributed by atoms with E-state index in [1.165, 1.54) is 6.07 Å². The lowest BCUT2D eigenvalue weighted by molar-refractivity contribution is 0.630. The Balaban J connectivity index is 2.34. The molecule has 0 spiro atoms. The van der Waals surface area contributed by atoms with Gasteiger partial charge in [0.1, 0.15) is 5.82 Å². The van der Waals surface area contributed by atoms with Gasteiger partial charge in [-0.3, -0.25) is 0 Å². The van der Waals surface area contributed by atoms with Gasteiger partial charge < -0.3 is 0 Å². The van der Waals surface area contributed by atoms with E-state index >= 15 is 0 Å². The highest BCUT2D eigenvalue weighted by molar-refractivity contribution is 6.35. The predicted molar refractivity (Wildman–Crippen MR) is 81.2 cm³/mol. The minimum atomic E-state index is -0.291. The highest BCUT2D eigenvalue weighted by Gasteiger charge is 2.12. The largest absolute Gasteiger partial charge is 0.246 e. The molecule has 3 aromatic rings. The molecule has 1 nitrogen and oxygen atoms in total. The minimum absolute atomic E-state index is 0.291. The Hall–Kier alpha value is -1.93. The molecule has 1 aromatic heterocycles. The van der Waals surface area contributed by atoms with Crippen molar-refractivity contribution in [3.8, 4) is 11.3 Å². The SMILES string of the molecule is [CH2]Cc1cc2cccc(Cl)c2nc1-c1ccccc1F. The lowest BCUT2D eigenvalue weighted by Gasteiger charge is -2.11. The Labute approximate surface area is 122 Å². The third-order valence-corrected chi connectivity index (χ3v) is 3.58. The van der Waals surface area contributed by atoms with Gasteiger partial charge in [0.05, 0.1) is 16.2 Å². The summed E-state index contributed by atoms with van der Waals surface area (Å²) in [4.78, 5) is 4.56. The van der Waals surface area contributed by atoms with Crippen LogP contribution in [0.15, 0.2) is 48.5 Å². The first kappa shape index (κ1) is 13.1. The molecule has 0 aliphatic rings. The smallest absolute Gasteiger partial charge is 0.132 e. The summed E-state index contributed by atoms with van der Waals surface area (Å²) in [7, 11) is 0. The third-order valence-electron chi connectivity index (χ3n) is 3.27. The molecule has 99 valence electrons. The highest BCUT2D eigenvalue weighted by Crippen LogP contribution is 2.30. The molecule has 1 radical (unpaired) electrons. The summed E-state index contributed by atoms with van der Waals surface area (Å²) in [5, 5.41) is 1.51. The highest BCUT2D eigenvalue weighted by atomic mass is 35.5. The van der Waals surface area contributed by atoms with Gasteiger partial charge in [0.2, 0.25) is 0 Å². The van der Waals surface area contributed by atoms with Crippen LogP contribution in [0.25, 0.3) is 22.2 Å². The summed E-state index contributed by atoms with van der Waals surface area (Å²) < 4.78 is 14.0. The van der Waals surface area contributed by atoms with E-state index < -0.39 is 0 Å². The summed E-state index contributed by atoms with van der Waals surface area (Å²) in [5.41, 5.74) is 2.68. The number of hydrogen-bond donors (Lipinski definition) is 0. The third kappa shape index (κ3) is 2.16. The Morgan fingerprint density at radius 2 is 1.90 bits per heavy atom. The molecule has 20 heavy (non-hydrogen) atoms. The van der Waals surface area contributed by atoms with Gasteiger partial charge in [-0.25, -0.2) is 9.37 Å². The number of hydrogen-bond acceptors (Lipinski definition) is 1. The van der Waals surface area contributed by atoms with E-state index in [1.807, 2.05) is 18.2 Å². The Morgan fingerprint density at radius 1 is 1.10 bits per heavy atom. The molecule has 1 heterocycles. The zero-order valence-corrected chi connectivity index (χ0v) is 11.5. The van der Waals surface area contributed by atoms with Crippen molar-refractivity contribution >= 4 is 22.5 Å². The first-order valence-corrected chi connectivity index (χ1v) is 6.71. The van der Waals surface area contributed by atoms with Crippen molar-refractivity contribution in [3.63, 3.8) is 0 Å². The molecule has 2 aromatic carbocycles. The number of benzene rings is 2. The van der Waals surface area contributed by atoms with Crippen LogP contribution in [0, 0.1) is 12.7 Å². The molecular weight excluding hydrogens is 273 g/mol. The van der Waals surface area contributed by atoms with Crippen molar-refractivity contribution in [2.45, 2.75) is 6.42 Å². The predicted octanol–water partition coefficient (Wildman–Crippen LogP) is 5.07. The normalized spacial score (nSPS) is 10.9. The van der Waals surface area contributed by atoms with Crippen LogP contribution in [0.4, 0.5) is 4.39 Å². The van der Waals surface area contributed by atoms with Gasteiger partial charge in [-0.15, -0.1) is 0 Å². The van der Waals surface area contributed by atoms with E-state index in [0.717, 1.165) is 10.9 Å². The number of fused-ring (bicyclic) bond motifs is 1. The quantitative estimate of drug-likeness (QED) is 0.640. The minimum Gasteiger partial charge on any atom is -0.246 e. The first-order chi connectivity index (χ1) is 9.70. The fraction of sp³-hybridized carbons (Fsp3) is 0.0588. The maximum Gasteiger partial charge on any atom is 0.132 e. The molecule has 0 unspecified atom stereocenters. The van der Waals surface area contributed by atoms with Crippen LogP contribution in [0.3, 0.4) is 0 Å². The number of nitrogens with zero attached hydrogens (tertiary/aromatic N) is 1. The van der Waals surface area contributed by atoms with E-state index in [9.17, 15) is 4.39 Å². The van der Waals surface area contributed by atoms with Gasteiger partial charge >= 0.3 is 0 Å². The maximum atomic E-state index is 14.0. The monoisotopic (exact) mass is 284 g/mol. The second-order valence-electron chi connectivity index (χ2n) is 4.54. The molecule has 0 fully saturated rings. The van der Waals surface area contributed by atoms with Gasteiger partial charge in [0.15, 0.2) is 0 Å². The molecule has 0 bridgehead atoms. The topological polar surface area (TPSA) is 12.9 Å². The number of aromatic nitrogens is 1. The Bertz CT molecular complexity index is 783.